The van der Waals surface area contributed by atoms with Crippen LogP contribution in [0.3, 0.4) is 0 Å². The van der Waals surface area contributed by atoms with Gasteiger partial charge < -0.3 is 4.74 Å². The number of hydrogen-bond donors (Lipinski definition) is 0. The fourth-order valence-electron chi connectivity index (χ4n) is 2.54. The molecule has 0 amide bonds. The van der Waals surface area contributed by atoms with E-state index in [-0.39, 0.29) is 23.7 Å². The number of benzene rings is 1. The van der Waals surface area contributed by atoms with E-state index < -0.39 is 0 Å². The minimum absolute atomic E-state index is 0.0623. The molecular weight excluding hydrogens is 270 g/mol. The summed E-state index contributed by atoms with van der Waals surface area (Å²) in [7, 11) is 0. The van der Waals surface area contributed by atoms with E-state index in [2.05, 4.69) is 5.40 Å². The van der Waals surface area contributed by atoms with Gasteiger partial charge in [-0.2, -0.15) is 5.26 Å². The predicted octanol–water partition coefficient (Wildman–Crippen LogP) is 4.07. The summed E-state index contributed by atoms with van der Waals surface area (Å²) in [6, 6.07) is 9.73. The molecule has 0 N–H and O–H groups in total. The lowest BCUT2D eigenvalue weighted by Gasteiger charge is -2.21. The smallest absolute Gasteiger partial charge is 0.308 e. The number of ether oxygens (including phenoxy) is 1. The summed E-state index contributed by atoms with van der Waals surface area (Å²) in [5, 5.41) is 10.9. The van der Waals surface area contributed by atoms with Gasteiger partial charge in [-0.05, 0) is 30.2 Å². The van der Waals surface area contributed by atoms with Crippen molar-refractivity contribution in [2.75, 3.05) is 6.61 Å². The Hall–Kier alpha value is -1.47. The quantitative estimate of drug-likeness (QED) is 0.605. The van der Waals surface area contributed by atoms with Crippen LogP contribution in [0.5, 0.6) is 0 Å². The molecule has 4 heteroatoms. The number of nitriles is 1. The van der Waals surface area contributed by atoms with E-state index in [4.69, 9.17) is 10.00 Å². The number of esters is 1. The molecule has 0 aliphatic heterocycles. The van der Waals surface area contributed by atoms with Crippen molar-refractivity contribution in [3.63, 3.8) is 0 Å². The monoisotopic (exact) mass is 289 g/mol. The molecular formula is C16H19NO2S. The van der Waals surface area contributed by atoms with Gasteiger partial charge in [-0.1, -0.05) is 49.6 Å². The number of nitrogens with zero attached hydrogens (tertiary/aromatic N) is 1. The number of thioether (sulfide) groups is 1. The van der Waals surface area contributed by atoms with Crippen LogP contribution >= 0.6 is 11.8 Å². The van der Waals surface area contributed by atoms with Crippen molar-refractivity contribution in [1.29, 1.82) is 5.26 Å². The number of thiocyanates is 1. The molecule has 0 radical (unpaired) electrons. The van der Waals surface area contributed by atoms with Crippen LogP contribution in [-0.2, 0) is 9.53 Å². The Bertz CT molecular complexity index is 463. The lowest BCUT2D eigenvalue weighted by Crippen LogP contribution is -2.22. The van der Waals surface area contributed by atoms with Crippen molar-refractivity contribution in [3.8, 4) is 5.40 Å². The Balaban J connectivity index is 1.89. The Morgan fingerprint density at radius 1 is 1.30 bits per heavy atom. The van der Waals surface area contributed by atoms with Gasteiger partial charge in [0.2, 0.25) is 0 Å². The van der Waals surface area contributed by atoms with E-state index in [1.807, 2.05) is 30.3 Å². The average molecular weight is 289 g/mol. The van der Waals surface area contributed by atoms with Crippen molar-refractivity contribution in [3.05, 3.63) is 35.9 Å². The fraction of sp³-hybridized carbons (Fsp3) is 0.500. The van der Waals surface area contributed by atoms with Crippen LogP contribution in [0.4, 0.5) is 0 Å². The Morgan fingerprint density at radius 2 is 2.00 bits per heavy atom. The molecule has 1 unspecified atom stereocenters. The molecule has 20 heavy (non-hydrogen) atoms. The molecule has 0 heterocycles. The van der Waals surface area contributed by atoms with Crippen molar-refractivity contribution in [2.24, 2.45) is 5.92 Å². The van der Waals surface area contributed by atoms with Gasteiger partial charge in [0.15, 0.2) is 0 Å². The first-order valence-corrected chi connectivity index (χ1v) is 7.95. The van der Waals surface area contributed by atoms with Crippen LogP contribution in [-0.4, -0.2) is 12.6 Å². The molecule has 2 rings (SSSR count). The zero-order valence-corrected chi connectivity index (χ0v) is 12.3. The van der Waals surface area contributed by atoms with Gasteiger partial charge in [-0.25, -0.2) is 0 Å². The van der Waals surface area contributed by atoms with Gasteiger partial charge in [0.05, 0.1) is 11.2 Å². The second-order valence-electron chi connectivity index (χ2n) is 5.07. The number of carbonyl (C=O) groups excluding carboxylic acids is 1. The van der Waals surface area contributed by atoms with E-state index in [1.54, 1.807) is 0 Å². The van der Waals surface area contributed by atoms with E-state index in [9.17, 15) is 4.79 Å². The molecule has 1 saturated carbocycles. The molecule has 106 valence electrons. The van der Waals surface area contributed by atoms with E-state index >= 15 is 0 Å². The molecule has 1 aromatic carbocycles. The summed E-state index contributed by atoms with van der Waals surface area (Å²) in [5.41, 5.74) is 1.02. The number of carbonyl (C=O) groups is 1. The Morgan fingerprint density at radius 3 is 2.65 bits per heavy atom. The zero-order valence-electron chi connectivity index (χ0n) is 11.5. The highest BCUT2D eigenvalue weighted by Gasteiger charge is 2.24. The lowest BCUT2D eigenvalue weighted by atomic mass is 9.89. The van der Waals surface area contributed by atoms with E-state index in [1.165, 1.54) is 6.42 Å². The maximum atomic E-state index is 12.0. The first-order valence-electron chi connectivity index (χ1n) is 7.07. The van der Waals surface area contributed by atoms with Crippen LogP contribution in [0.1, 0.15) is 42.9 Å². The Kier molecular flexibility index (Phi) is 5.94. The van der Waals surface area contributed by atoms with Gasteiger partial charge in [0, 0.05) is 0 Å². The first-order chi connectivity index (χ1) is 9.81. The summed E-state index contributed by atoms with van der Waals surface area (Å²) in [5.74, 6) is -0.0311. The highest BCUT2D eigenvalue weighted by molar-refractivity contribution is 8.03. The summed E-state index contributed by atoms with van der Waals surface area (Å²) in [6.45, 7) is 0.275. The van der Waals surface area contributed by atoms with E-state index in [0.717, 1.165) is 43.0 Å². The Labute approximate surface area is 124 Å². The van der Waals surface area contributed by atoms with Crippen LogP contribution in [0, 0.1) is 16.6 Å². The third-order valence-electron chi connectivity index (χ3n) is 3.68. The van der Waals surface area contributed by atoms with E-state index in [0.29, 0.717) is 0 Å². The summed E-state index contributed by atoms with van der Waals surface area (Å²) >= 11 is 1.15. The van der Waals surface area contributed by atoms with Crippen molar-refractivity contribution in [1.82, 2.24) is 0 Å². The standard InChI is InChI=1S/C16H19NO2S/c17-12-20-15(13-7-3-1-4-8-13)11-19-16(18)14-9-5-2-6-10-14/h1,3-4,7-8,14-15H,2,5-6,9-11H2. The van der Waals surface area contributed by atoms with Crippen LogP contribution < -0.4 is 0 Å². The highest BCUT2D eigenvalue weighted by Crippen LogP contribution is 2.30. The second-order valence-corrected chi connectivity index (χ2v) is 6.06. The summed E-state index contributed by atoms with van der Waals surface area (Å²) < 4.78 is 5.44. The van der Waals surface area contributed by atoms with Crippen LogP contribution in [0.15, 0.2) is 30.3 Å². The molecule has 0 spiro atoms. The van der Waals surface area contributed by atoms with Crippen molar-refractivity contribution < 1.29 is 9.53 Å². The van der Waals surface area contributed by atoms with Gasteiger partial charge in [-0.15, -0.1) is 0 Å². The molecule has 0 saturated heterocycles. The average Bonchev–Trinajstić information content (AvgIpc) is 2.53. The van der Waals surface area contributed by atoms with Gasteiger partial charge in [-0.3, -0.25) is 4.79 Å². The number of rotatable bonds is 5. The van der Waals surface area contributed by atoms with Gasteiger partial charge in [0.1, 0.15) is 12.0 Å². The predicted molar refractivity (Wildman–Crippen MR) is 79.9 cm³/mol. The zero-order chi connectivity index (χ0) is 14.2. The van der Waals surface area contributed by atoms with Gasteiger partial charge in [0.25, 0.3) is 0 Å². The summed E-state index contributed by atoms with van der Waals surface area (Å²) in [6.07, 6.45) is 5.35. The summed E-state index contributed by atoms with van der Waals surface area (Å²) in [4.78, 5) is 12.0. The third-order valence-corrected chi connectivity index (χ3v) is 4.48. The largest absolute Gasteiger partial charge is 0.464 e. The molecule has 1 aliphatic rings. The molecule has 1 aromatic rings. The first kappa shape index (κ1) is 14.9. The molecule has 0 aromatic heterocycles. The molecule has 1 aliphatic carbocycles. The topological polar surface area (TPSA) is 50.1 Å². The fourth-order valence-corrected chi connectivity index (χ4v) is 3.10. The molecule has 1 fully saturated rings. The minimum atomic E-state index is -0.103. The van der Waals surface area contributed by atoms with Crippen molar-refractivity contribution in [2.45, 2.75) is 37.4 Å². The van der Waals surface area contributed by atoms with Crippen LogP contribution in [0.25, 0.3) is 0 Å². The maximum Gasteiger partial charge on any atom is 0.308 e. The molecule has 3 nitrogen and oxygen atoms in total. The molecule has 0 bridgehead atoms. The minimum Gasteiger partial charge on any atom is -0.464 e. The highest BCUT2D eigenvalue weighted by atomic mass is 32.2. The van der Waals surface area contributed by atoms with Crippen LogP contribution in [0.2, 0.25) is 0 Å². The van der Waals surface area contributed by atoms with Gasteiger partial charge >= 0.3 is 5.97 Å². The second kappa shape index (κ2) is 7.96. The number of hydrogen-bond acceptors (Lipinski definition) is 4. The third kappa shape index (κ3) is 4.28. The lowest BCUT2D eigenvalue weighted by molar-refractivity contribution is -0.149. The molecule has 1 atom stereocenters. The van der Waals surface area contributed by atoms with Crippen molar-refractivity contribution >= 4 is 17.7 Å². The normalized spacial score (nSPS) is 17.1. The maximum absolute atomic E-state index is 12.0. The SMILES string of the molecule is N#CSC(COC(=O)C1CCCCC1)c1ccccc1.